The molecule has 1 aliphatic heterocycles. The zero-order chi connectivity index (χ0) is 22.1. The second-order valence-corrected chi connectivity index (χ2v) is 8.26. The van der Waals surface area contributed by atoms with Gasteiger partial charge in [0.15, 0.2) is 5.82 Å². The molecule has 1 aromatic carbocycles. The first-order valence-corrected chi connectivity index (χ1v) is 10.7. The van der Waals surface area contributed by atoms with Gasteiger partial charge in [0.05, 0.1) is 23.1 Å². The fourth-order valence-corrected chi connectivity index (χ4v) is 4.35. The third-order valence-corrected chi connectivity index (χ3v) is 5.94. The predicted octanol–water partition coefficient (Wildman–Crippen LogP) is 5.48. The molecule has 0 saturated heterocycles. The molecule has 5 rings (SSSR count). The Labute approximate surface area is 185 Å². The quantitative estimate of drug-likeness (QED) is 0.552. The molecule has 0 fully saturated rings. The molecule has 32 heavy (non-hydrogen) atoms. The van der Waals surface area contributed by atoms with Crippen molar-refractivity contribution in [3.8, 4) is 5.69 Å². The van der Waals surface area contributed by atoms with Crippen LogP contribution >= 0.6 is 0 Å². The summed E-state index contributed by atoms with van der Waals surface area (Å²) >= 11 is 0. The Hall–Kier alpha value is -3.61. The molecule has 1 aliphatic carbocycles. The number of nitrogens with zero attached hydrogens (tertiary/aromatic N) is 5. The number of fused-ring (bicyclic) bond motifs is 2. The van der Waals surface area contributed by atoms with Gasteiger partial charge in [0.25, 0.3) is 0 Å². The molecule has 0 bridgehead atoms. The molecule has 3 heterocycles. The Balaban J connectivity index is 1.41. The number of hydrogen-bond acceptors (Lipinski definition) is 3. The Bertz CT molecular complexity index is 1280. The van der Waals surface area contributed by atoms with Gasteiger partial charge >= 0.3 is 0 Å². The van der Waals surface area contributed by atoms with Gasteiger partial charge in [-0.05, 0) is 62.1 Å². The first-order valence-electron chi connectivity index (χ1n) is 10.7. The molecule has 0 N–H and O–H groups in total. The van der Waals surface area contributed by atoms with Crippen LogP contribution in [0.5, 0.6) is 0 Å². The van der Waals surface area contributed by atoms with Crippen LogP contribution < -0.4 is 0 Å². The highest BCUT2D eigenvalue weighted by Gasteiger charge is 2.36. The van der Waals surface area contributed by atoms with E-state index in [0.717, 1.165) is 36.5 Å². The largest absolute Gasteiger partial charge is 0.303 e. The third-order valence-electron chi connectivity index (χ3n) is 5.94. The fraction of sp³-hybridized carbons (Fsp3) is 0.240. The SMILES string of the molecule is Cc1cn(-c2ccc(/C=C/c3nc4n(n3)CCCC43/C=C/C=C(F)\C=C/C3)cc2F)cn1. The molecule has 162 valence electrons. The summed E-state index contributed by atoms with van der Waals surface area (Å²) in [5.41, 5.74) is 1.72. The van der Waals surface area contributed by atoms with Crippen molar-refractivity contribution in [1.82, 2.24) is 24.3 Å². The number of rotatable bonds is 3. The van der Waals surface area contributed by atoms with E-state index in [-0.39, 0.29) is 17.1 Å². The molecule has 1 spiro atoms. The van der Waals surface area contributed by atoms with E-state index in [1.54, 1.807) is 35.3 Å². The summed E-state index contributed by atoms with van der Waals surface area (Å²) in [5, 5.41) is 4.64. The maximum atomic E-state index is 14.6. The highest BCUT2D eigenvalue weighted by Crippen LogP contribution is 2.38. The van der Waals surface area contributed by atoms with Crippen LogP contribution in [0.15, 0.2) is 66.9 Å². The topological polar surface area (TPSA) is 48.5 Å². The van der Waals surface area contributed by atoms with E-state index in [1.807, 2.05) is 35.9 Å². The van der Waals surface area contributed by atoms with Crippen molar-refractivity contribution in [3.05, 3.63) is 95.7 Å². The summed E-state index contributed by atoms with van der Waals surface area (Å²) in [6.07, 6.45) is 18.2. The Morgan fingerprint density at radius 2 is 2.09 bits per heavy atom. The summed E-state index contributed by atoms with van der Waals surface area (Å²) < 4.78 is 31.8. The normalized spacial score (nSPS) is 24.0. The minimum atomic E-state index is -0.327. The van der Waals surface area contributed by atoms with Crippen molar-refractivity contribution < 1.29 is 8.78 Å². The molecule has 3 aromatic rings. The molecule has 0 amide bonds. The summed E-state index contributed by atoms with van der Waals surface area (Å²) in [6, 6.07) is 5.07. The summed E-state index contributed by atoms with van der Waals surface area (Å²) in [4.78, 5) is 8.93. The van der Waals surface area contributed by atoms with Gasteiger partial charge in [0.1, 0.15) is 17.5 Å². The Morgan fingerprint density at radius 3 is 2.91 bits per heavy atom. The first-order chi connectivity index (χ1) is 15.5. The number of aromatic nitrogens is 5. The van der Waals surface area contributed by atoms with Gasteiger partial charge in [-0.25, -0.2) is 23.4 Å². The number of aryl methyl sites for hydroxylation is 2. The van der Waals surface area contributed by atoms with E-state index in [0.29, 0.717) is 17.9 Å². The van der Waals surface area contributed by atoms with Crippen molar-refractivity contribution >= 4 is 12.2 Å². The minimum Gasteiger partial charge on any atom is -0.303 e. The van der Waals surface area contributed by atoms with Gasteiger partial charge in [0.2, 0.25) is 0 Å². The van der Waals surface area contributed by atoms with Crippen molar-refractivity contribution in [2.45, 2.75) is 38.1 Å². The Morgan fingerprint density at radius 1 is 1.19 bits per heavy atom. The molecule has 0 radical (unpaired) electrons. The van der Waals surface area contributed by atoms with Crippen LogP contribution in [0, 0.1) is 12.7 Å². The van der Waals surface area contributed by atoms with Gasteiger partial charge in [0, 0.05) is 12.7 Å². The zero-order valence-corrected chi connectivity index (χ0v) is 17.7. The van der Waals surface area contributed by atoms with Crippen molar-refractivity contribution in [2.24, 2.45) is 0 Å². The van der Waals surface area contributed by atoms with Crippen LogP contribution in [0.3, 0.4) is 0 Å². The lowest BCUT2D eigenvalue weighted by atomic mass is 9.76. The monoisotopic (exact) mass is 431 g/mol. The molecule has 2 aliphatic rings. The van der Waals surface area contributed by atoms with Gasteiger partial charge in [-0.1, -0.05) is 30.4 Å². The van der Waals surface area contributed by atoms with E-state index in [9.17, 15) is 8.78 Å². The van der Waals surface area contributed by atoms with E-state index >= 15 is 0 Å². The van der Waals surface area contributed by atoms with Gasteiger partial charge in [-0.3, -0.25) is 0 Å². The summed E-state index contributed by atoms with van der Waals surface area (Å²) in [7, 11) is 0. The second-order valence-electron chi connectivity index (χ2n) is 8.26. The standard InChI is InChI=1S/C25H23F2N5/c1-18-16-31(17-28-18)22-9-7-19(15-21(22)27)8-10-23-29-24-25(13-4-14-32(24)30-23)11-2-5-20(26)6-3-12-25/h2-3,5-11,15-17H,4,12-14H2,1H3/b6-3-,10-8+,11-2+,20-5+. The maximum absolute atomic E-state index is 14.6. The molecule has 0 saturated carbocycles. The van der Waals surface area contributed by atoms with Crippen molar-refractivity contribution in [1.29, 1.82) is 0 Å². The van der Waals surface area contributed by atoms with E-state index < -0.39 is 0 Å². The molecular weight excluding hydrogens is 408 g/mol. The number of halogens is 2. The molecule has 7 heteroatoms. The van der Waals surface area contributed by atoms with Crippen LogP contribution in [0.25, 0.3) is 17.8 Å². The number of allylic oxidation sites excluding steroid dienone is 6. The second kappa shape index (κ2) is 8.15. The molecule has 5 nitrogen and oxygen atoms in total. The third kappa shape index (κ3) is 3.86. The lowest BCUT2D eigenvalue weighted by molar-refractivity contribution is 0.345. The number of hydrogen-bond donors (Lipinski definition) is 0. The number of benzene rings is 1. The van der Waals surface area contributed by atoms with Crippen molar-refractivity contribution in [2.75, 3.05) is 0 Å². The van der Waals surface area contributed by atoms with Crippen LogP contribution in [0.2, 0.25) is 0 Å². The minimum absolute atomic E-state index is 0.251. The molecule has 1 unspecified atom stereocenters. The first kappa shape index (κ1) is 20.3. The fourth-order valence-electron chi connectivity index (χ4n) is 4.35. The van der Waals surface area contributed by atoms with Crippen LogP contribution in [-0.2, 0) is 12.0 Å². The average Bonchev–Trinajstić information content (AvgIpc) is 3.38. The average molecular weight is 431 g/mol. The van der Waals surface area contributed by atoms with Gasteiger partial charge in [-0.15, -0.1) is 0 Å². The lowest BCUT2D eigenvalue weighted by Crippen LogP contribution is -2.32. The van der Waals surface area contributed by atoms with E-state index in [4.69, 9.17) is 4.98 Å². The predicted molar refractivity (Wildman–Crippen MR) is 120 cm³/mol. The highest BCUT2D eigenvalue weighted by molar-refractivity contribution is 5.67. The van der Waals surface area contributed by atoms with E-state index in [1.165, 1.54) is 18.2 Å². The van der Waals surface area contributed by atoms with E-state index in [2.05, 4.69) is 10.1 Å². The highest BCUT2D eigenvalue weighted by atomic mass is 19.1. The smallest absolute Gasteiger partial charge is 0.174 e. The molecular formula is C25H23F2N5. The van der Waals surface area contributed by atoms with Crippen LogP contribution in [-0.4, -0.2) is 24.3 Å². The lowest BCUT2D eigenvalue weighted by Gasteiger charge is -2.33. The number of imidazole rings is 1. The zero-order valence-electron chi connectivity index (χ0n) is 17.7. The van der Waals surface area contributed by atoms with Gasteiger partial charge in [-0.2, -0.15) is 5.10 Å². The van der Waals surface area contributed by atoms with Crippen LogP contribution in [0.4, 0.5) is 8.78 Å². The summed E-state index contributed by atoms with van der Waals surface area (Å²) in [5.74, 6) is 0.889. The van der Waals surface area contributed by atoms with Gasteiger partial charge < -0.3 is 4.57 Å². The van der Waals surface area contributed by atoms with Crippen LogP contribution in [0.1, 0.15) is 42.2 Å². The molecule has 2 aromatic heterocycles. The summed E-state index contributed by atoms with van der Waals surface area (Å²) in [6.45, 7) is 2.66. The Kier molecular flexibility index (Phi) is 5.17. The van der Waals surface area contributed by atoms with Crippen molar-refractivity contribution in [3.63, 3.8) is 0 Å². The molecule has 1 atom stereocenters. The maximum Gasteiger partial charge on any atom is 0.174 e.